The van der Waals surface area contributed by atoms with Gasteiger partial charge in [-0.25, -0.2) is 0 Å². The molecule has 0 atom stereocenters. The molecule has 0 heterocycles. The zero-order valence-electron chi connectivity index (χ0n) is 10.1. The Kier molecular flexibility index (Phi) is 4.71. The first kappa shape index (κ1) is 14.0. The zero-order valence-corrected chi connectivity index (χ0v) is 10.1. The van der Waals surface area contributed by atoms with Gasteiger partial charge in [0.15, 0.2) is 6.29 Å². The average Bonchev–Trinajstić information content (AvgIpc) is 2.31. The topological polar surface area (TPSA) is 94.8 Å². The van der Waals surface area contributed by atoms with Gasteiger partial charge in [-0.2, -0.15) is 0 Å². The summed E-state index contributed by atoms with van der Waals surface area (Å²) in [5.41, 5.74) is 1.16. The van der Waals surface area contributed by atoms with Gasteiger partial charge in [-0.3, -0.25) is 9.59 Å². The molecule has 3 N–H and O–H groups in total. The van der Waals surface area contributed by atoms with Crippen molar-refractivity contribution in [2.75, 3.05) is 0 Å². The number of unbranched alkanes of at least 4 members (excludes halogenated alkanes) is 1. The number of aromatic hydroxyl groups is 2. The number of carboxylic acids is 1. The van der Waals surface area contributed by atoms with Crippen molar-refractivity contribution >= 4 is 12.3 Å². The van der Waals surface area contributed by atoms with Crippen molar-refractivity contribution < 1.29 is 24.9 Å². The first-order chi connectivity index (χ1) is 8.47. The highest BCUT2D eigenvalue weighted by Crippen LogP contribution is 2.32. The van der Waals surface area contributed by atoms with Crippen molar-refractivity contribution in [1.82, 2.24) is 0 Å². The van der Waals surface area contributed by atoms with Crippen LogP contribution in [0.2, 0.25) is 0 Å². The quantitative estimate of drug-likeness (QED) is 0.531. The molecular weight excluding hydrogens is 236 g/mol. The first-order valence-electron chi connectivity index (χ1n) is 5.68. The molecule has 98 valence electrons. The molecule has 0 aromatic heterocycles. The van der Waals surface area contributed by atoms with Crippen LogP contribution in [-0.4, -0.2) is 27.6 Å². The molecule has 1 aromatic rings. The van der Waals surface area contributed by atoms with Crippen molar-refractivity contribution in [3.05, 3.63) is 22.8 Å². The lowest BCUT2D eigenvalue weighted by atomic mass is 9.98. The van der Waals surface area contributed by atoms with E-state index in [-0.39, 0.29) is 23.5 Å². The van der Waals surface area contributed by atoms with E-state index >= 15 is 0 Å². The van der Waals surface area contributed by atoms with E-state index in [4.69, 9.17) is 5.11 Å². The Morgan fingerprint density at radius 2 is 2.00 bits per heavy atom. The number of phenols is 2. The third kappa shape index (κ3) is 3.23. The number of aldehydes is 1. The standard InChI is InChI=1S/C13H16O5/c1-8-9(4-2-3-5-12(16)17)6-11(15)10(7-14)13(8)18/h6-7,15,18H,2-5H2,1H3,(H,16,17). The van der Waals surface area contributed by atoms with E-state index in [1.807, 2.05) is 0 Å². The summed E-state index contributed by atoms with van der Waals surface area (Å²) in [5, 5.41) is 27.8. The van der Waals surface area contributed by atoms with Gasteiger partial charge in [-0.15, -0.1) is 0 Å². The van der Waals surface area contributed by atoms with E-state index in [1.54, 1.807) is 6.92 Å². The second-order valence-corrected chi connectivity index (χ2v) is 4.16. The number of hydrogen-bond acceptors (Lipinski definition) is 4. The van der Waals surface area contributed by atoms with E-state index < -0.39 is 5.97 Å². The molecule has 0 aliphatic rings. The van der Waals surface area contributed by atoms with Crippen LogP contribution in [0.5, 0.6) is 11.5 Å². The van der Waals surface area contributed by atoms with Crippen molar-refractivity contribution in [3.63, 3.8) is 0 Å². The number of carbonyl (C=O) groups excluding carboxylic acids is 1. The van der Waals surface area contributed by atoms with Crippen LogP contribution in [0.25, 0.3) is 0 Å². The van der Waals surface area contributed by atoms with Crippen LogP contribution < -0.4 is 0 Å². The molecular formula is C13H16O5. The normalized spacial score (nSPS) is 10.3. The Bertz CT molecular complexity index is 465. The van der Waals surface area contributed by atoms with Gasteiger partial charge in [0.2, 0.25) is 0 Å². The molecule has 0 unspecified atom stereocenters. The second-order valence-electron chi connectivity index (χ2n) is 4.16. The molecule has 5 heteroatoms. The Balaban J connectivity index is 2.78. The van der Waals surface area contributed by atoms with E-state index in [2.05, 4.69) is 0 Å². The third-order valence-corrected chi connectivity index (χ3v) is 2.88. The smallest absolute Gasteiger partial charge is 0.303 e. The molecule has 0 radical (unpaired) electrons. The molecule has 1 rings (SSSR count). The highest BCUT2D eigenvalue weighted by atomic mass is 16.4. The number of rotatable bonds is 6. The molecule has 18 heavy (non-hydrogen) atoms. The number of hydrogen-bond donors (Lipinski definition) is 3. The summed E-state index contributed by atoms with van der Waals surface area (Å²) in [7, 11) is 0. The number of benzene rings is 1. The second kappa shape index (κ2) is 6.05. The molecule has 0 saturated carbocycles. The van der Waals surface area contributed by atoms with Gasteiger partial charge in [0, 0.05) is 6.42 Å². The lowest BCUT2D eigenvalue weighted by Crippen LogP contribution is -1.97. The first-order valence-corrected chi connectivity index (χ1v) is 5.68. The van der Waals surface area contributed by atoms with Gasteiger partial charge < -0.3 is 15.3 Å². The van der Waals surface area contributed by atoms with Gasteiger partial charge in [0.1, 0.15) is 11.5 Å². The summed E-state index contributed by atoms with van der Waals surface area (Å²) in [6.07, 6.45) is 2.24. The molecule has 0 spiro atoms. The minimum Gasteiger partial charge on any atom is -0.507 e. The minimum atomic E-state index is -0.839. The fourth-order valence-corrected chi connectivity index (χ4v) is 1.79. The average molecular weight is 252 g/mol. The third-order valence-electron chi connectivity index (χ3n) is 2.88. The SMILES string of the molecule is Cc1c(CCCCC(=O)O)cc(O)c(C=O)c1O. The Labute approximate surface area is 105 Å². The fourth-order valence-electron chi connectivity index (χ4n) is 1.79. The van der Waals surface area contributed by atoms with Gasteiger partial charge >= 0.3 is 5.97 Å². The van der Waals surface area contributed by atoms with Gasteiger partial charge in [0.25, 0.3) is 0 Å². The van der Waals surface area contributed by atoms with Gasteiger partial charge in [-0.1, -0.05) is 0 Å². The minimum absolute atomic E-state index is 0.101. The van der Waals surface area contributed by atoms with E-state index in [9.17, 15) is 19.8 Å². The van der Waals surface area contributed by atoms with Crippen LogP contribution in [-0.2, 0) is 11.2 Å². The molecule has 0 amide bonds. The van der Waals surface area contributed by atoms with E-state index in [1.165, 1.54) is 6.07 Å². The predicted octanol–water partition coefficient (Wildman–Crippen LogP) is 2.02. The van der Waals surface area contributed by atoms with Crippen molar-refractivity contribution in [3.8, 4) is 11.5 Å². The number of aliphatic carboxylic acids is 1. The zero-order chi connectivity index (χ0) is 13.7. The molecule has 0 aliphatic heterocycles. The number of aryl methyl sites for hydroxylation is 1. The molecule has 1 aromatic carbocycles. The van der Waals surface area contributed by atoms with Crippen LogP contribution in [0, 0.1) is 6.92 Å². The van der Waals surface area contributed by atoms with Crippen LogP contribution >= 0.6 is 0 Å². The number of carbonyl (C=O) groups is 2. The van der Waals surface area contributed by atoms with Crippen LogP contribution in [0.15, 0.2) is 6.07 Å². The van der Waals surface area contributed by atoms with Crippen molar-refractivity contribution in [1.29, 1.82) is 0 Å². The lowest BCUT2D eigenvalue weighted by Gasteiger charge is -2.10. The maximum absolute atomic E-state index is 10.7. The highest BCUT2D eigenvalue weighted by molar-refractivity contribution is 5.84. The van der Waals surface area contributed by atoms with Crippen LogP contribution in [0.1, 0.15) is 40.7 Å². The summed E-state index contributed by atoms with van der Waals surface area (Å²) >= 11 is 0. The highest BCUT2D eigenvalue weighted by Gasteiger charge is 2.13. The summed E-state index contributed by atoms with van der Waals surface area (Å²) < 4.78 is 0. The predicted molar refractivity (Wildman–Crippen MR) is 65.1 cm³/mol. The molecule has 0 aliphatic carbocycles. The fraction of sp³-hybridized carbons (Fsp3) is 0.385. The number of carboxylic acid groups (broad SMARTS) is 1. The Morgan fingerprint density at radius 1 is 1.33 bits per heavy atom. The lowest BCUT2D eigenvalue weighted by molar-refractivity contribution is -0.137. The van der Waals surface area contributed by atoms with Crippen molar-refractivity contribution in [2.45, 2.75) is 32.6 Å². The Morgan fingerprint density at radius 3 is 2.56 bits per heavy atom. The Hall–Kier alpha value is -2.04. The maximum Gasteiger partial charge on any atom is 0.303 e. The van der Waals surface area contributed by atoms with Crippen LogP contribution in [0.4, 0.5) is 0 Å². The van der Waals surface area contributed by atoms with Crippen LogP contribution in [0.3, 0.4) is 0 Å². The maximum atomic E-state index is 10.7. The largest absolute Gasteiger partial charge is 0.507 e. The summed E-state index contributed by atoms with van der Waals surface area (Å²) in [6, 6.07) is 1.44. The van der Waals surface area contributed by atoms with E-state index in [0.717, 1.165) is 5.56 Å². The van der Waals surface area contributed by atoms with Gasteiger partial charge in [-0.05, 0) is 43.4 Å². The number of phenolic OH excluding ortho intramolecular Hbond substituents is 2. The summed E-state index contributed by atoms with van der Waals surface area (Å²) in [4.78, 5) is 21.0. The van der Waals surface area contributed by atoms with Gasteiger partial charge in [0.05, 0.1) is 5.56 Å². The monoisotopic (exact) mass is 252 g/mol. The molecule has 0 bridgehead atoms. The summed E-state index contributed by atoms with van der Waals surface area (Å²) in [5.74, 6) is -1.30. The molecule has 0 fully saturated rings. The van der Waals surface area contributed by atoms with Crippen molar-refractivity contribution in [2.24, 2.45) is 0 Å². The van der Waals surface area contributed by atoms with E-state index in [0.29, 0.717) is 31.1 Å². The molecule has 0 saturated heterocycles. The molecule has 5 nitrogen and oxygen atoms in total. The summed E-state index contributed by atoms with van der Waals surface area (Å²) in [6.45, 7) is 1.66.